The molecule has 1 fully saturated rings. The van der Waals surface area contributed by atoms with Crippen molar-refractivity contribution in [1.29, 1.82) is 0 Å². The van der Waals surface area contributed by atoms with Crippen molar-refractivity contribution in [2.45, 2.75) is 51.7 Å². The molecule has 0 bridgehead atoms. The van der Waals surface area contributed by atoms with Crippen molar-refractivity contribution >= 4 is 17.2 Å². The van der Waals surface area contributed by atoms with E-state index in [9.17, 15) is 4.79 Å². The number of aryl methyl sites for hydroxylation is 1. The van der Waals surface area contributed by atoms with E-state index in [1.807, 2.05) is 17.0 Å². The third-order valence-corrected chi connectivity index (χ3v) is 5.87. The Morgan fingerprint density at radius 1 is 1.20 bits per heavy atom. The summed E-state index contributed by atoms with van der Waals surface area (Å²) in [4.78, 5) is 24.2. The number of aromatic nitrogens is 1. The van der Waals surface area contributed by atoms with Gasteiger partial charge >= 0.3 is 0 Å². The molecule has 3 rings (SSSR count). The van der Waals surface area contributed by atoms with Crippen LogP contribution >= 0.6 is 11.3 Å². The molecule has 0 saturated carbocycles. The molecule has 1 aliphatic rings. The van der Waals surface area contributed by atoms with Gasteiger partial charge in [-0.05, 0) is 63.2 Å². The van der Waals surface area contributed by atoms with Crippen molar-refractivity contribution in [3.8, 4) is 0 Å². The molecule has 0 spiro atoms. The lowest BCUT2D eigenvalue weighted by Gasteiger charge is -2.31. The molecule has 1 atom stereocenters. The topological polar surface area (TPSA) is 36.4 Å². The summed E-state index contributed by atoms with van der Waals surface area (Å²) in [6.07, 6.45) is 8.11. The lowest BCUT2D eigenvalue weighted by atomic mass is 10.1. The normalized spacial score (nSPS) is 18.7. The zero-order valence-electron chi connectivity index (χ0n) is 15.1. The van der Waals surface area contributed by atoms with Crippen LogP contribution in [0.5, 0.6) is 0 Å². The van der Waals surface area contributed by atoms with Crippen molar-refractivity contribution in [2.24, 2.45) is 0 Å². The summed E-state index contributed by atoms with van der Waals surface area (Å²) < 4.78 is 0. The van der Waals surface area contributed by atoms with Crippen LogP contribution < -0.4 is 0 Å². The molecular weight excluding hydrogens is 330 g/mol. The summed E-state index contributed by atoms with van der Waals surface area (Å²) in [7, 11) is 2.09. The molecule has 3 heterocycles. The quantitative estimate of drug-likeness (QED) is 0.815. The Morgan fingerprint density at radius 3 is 2.72 bits per heavy atom. The van der Waals surface area contributed by atoms with E-state index in [1.165, 1.54) is 22.6 Å². The van der Waals surface area contributed by atoms with Gasteiger partial charge in [-0.2, -0.15) is 0 Å². The molecule has 0 aromatic carbocycles. The van der Waals surface area contributed by atoms with Gasteiger partial charge in [0, 0.05) is 28.7 Å². The van der Waals surface area contributed by atoms with Crippen molar-refractivity contribution in [1.82, 2.24) is 14.8 Å². The standard InChI is InChI=1S/C20H27N3OS/c1-16-7-8-18(25-16)15-23(14-17-9-11-21-12-10-17)20(24)19-6-4-3-5-13-22(19)2/h7-12,19H,3-6,13-15H2,1-2H3/t19-/m0/s1. The molecule has 1 amide bonds. The van der Waals surface area contributed by atoms with E-state index in [2.05, 4.69) is 36.0 Å². The van der Waals surface area contributed by atoms with Crippen LogP contribution in [0, 0.1) is 6.92 Å². The largest absolute Gasteiger partial charge is 0.332 e. The Labute approximate surface area is 154 Å². The van der Waals surface area contributed by atoms with Gasteiger partial charge < -0.3 is 4.90 Å². The van der Waals surface area contributed by atoms with E-state index in [4.69, 9.17) is 0 Å². The minimum atomic E-state index is 0.00500. The number of likely N-dealkylation sites (N-methyl/N-ethyl adjacent to an activating group) is 1. The first-order valence-electron chi connectivity index (χ1n) is 9.07. The van der Waals surface area contributed by atoms with Gasteiger partial charge in [0.2, 0.25) is 5.91 Å². The molecule has 2 aromatic heterocycles. The van der Waals surface area contributed by atoms with Crippen LogP contribution in [-0.4, -0.2) is 40.3 Å². The molecule has 0 unspecified atom stereocenters. The monoisotopic (exact) mass is 357 g/mol. The highest BCUT2D eigenvalue weighted by Crippen LogP contribution is 2.22. The maximum Gasteiger partial charge on any atom is 0.240 e. The first-order valence-corrected chi connectivity index (χ1v) is 9.88. The number of likely N-dealkylation sites (tertiary alicyclic amines) is 1. The van der Waals surface area contributed by atoms with E-state index in [0.29, 0.717) is 13.1 Å². The highest BCUT2D eigenvalue weighted by atomic mass is 32.1. The van der Waals surface area contributed by atoms with Crippen molar-refractivity contribution < 1.29 is 4.79 Å². The zero-order valence-corrected chi connectivity index (χ0v) is 16.0. The fourth-order valence-electron chi connectivity index (χ4n) is 3.45. The number of hydrogen-bond donors (Lipinski definition) is 0. The van der Waals surface area contributed by atoms with E-state index < -0.39 is 0 Å². The van der Waals surface area contributed by atoms with E-state index in [0.717, 1.165) is 24.9 Å². The SMILES string of the molecule is Cc1ccc(CN(Cc2ccncc2)C(=O)[C@@H]2CCCCCN2C)s1. The van der Waals surface area contributed by atoms with Gasteiger partial charge in [0.1, 0.15) is 0 Å². The van der Waals surface area contributed by atoms with Gasteiger partial charge in [-0.15, -0.1) is 11.3 Å². The fraction of sp³-hybridized carbons (Fsp3) is 0.500. The number of carbonyl (C=O) groups excluding carboxylic acids is 1. The van der Waals surface area contributed by atoms with E-state index >= 15 is 0 Å². The van der Waals surface area contributed by atoms with Crippen LogP contribution in [0.3, 0.4) is 0 Å². The van der Waals surface area contributed by atoms with Crippen LogP contribution in [0.2, 0.25) is 0 Å². The molecule has 0 radical (unpaired) electrons. The minimum absolute atomic E-state index is 0.00500. The second-order valence-corrected chi connectivity index (χ2v) is 8.28. The zero-order chi connectivity index (χ0) is 17.6. The summed E-state index contributed by atoms with van der Waals surface area (Å²) in [5, 5.41) is 0. The van der Waals surface area contributed by atoms with Gasteiger partial charge in [0.25, 0.3) is 0 Å². The molecule has 0 aliphatic carbocycles. The molecule has 1 aliphatic heterocycles. The van der Waals surface area contributed by atoms with Crippen LogP contribution in [0.4, 0.5) is 0 Å². The van der Waals surface area contributed by atoms with Gasteiger partial charge in [-0.3, -0.25) is 14.7 Å². The van der Waals surface area contributed by atoms with E-state index in [-0.39, 0.29) is 11.9 Å². The third-order valence-electron chi connectivity index (χ3n) is 4.88. The maximum atomic E-state index is 13.4. The second kappa shape index (κ2) is 8.59. The smallest absolute Gasteiger partial charge is 0.240 e. The maximum absolute atomic E-state index is 13.4. The van der Waals surface area contributed by atoms with Crippen LogP contribution in [0.25, 0.3) is 0 Å². The van der Waals surface area contributed by atoms with Gasteiger partial charge in [-0.1, -0.05) is 12.8 Å². The Hall–Kier alpha value is -1.72. The summed E-state index contributed by atoms with van der Waals surface area (Å²) >= 11 is 1.78. The minimum Gasteiger partial charge on any atom is -0.332 e. The highest BCUT2D eigenvalue weighted by Gasteiger charge is 2.29. The average molecular weight is 358 g/mol. The Balaban J connectivity index is 1.79. The summed E-state index contributed by atoms with van der Waals surface area (Å²) in [5.74, 6) is 0.257. The molecular formula is C20H27N3OS. The predicted octanol–water partition coefficient (Wildman–Crippen LogP) is 3.85. The van der Waals surface area contributed by atoms with Crippen molar-refractivity contribution in [3.63, 3.8) is 0 Å². The first kappa shape index (κ1) is 18.1. The van der Waals surface area contributed by atoms with Crippen molar-refractivity contribution in [3.05, 3.63) is 52.0 Å². The molecule has 2 aromatic rings. The Bertz CT molecular complexity index is 685. The fourth-order valence-corrected chi connectivity index (χ4v) is 4.36. The molecule has 0 N–H and O–H groups in total. The summed E-state index contributed by atoms with van der Waals surface area (Å²) in [6.45, 7) is 4.45. The number of hydrogen-bond acceptors (Lipinski definition) is 4. The lowest BCUT2D eigenvalue weighted by molar-refractivity contribution is -0.137. The molecule has 134 valence electrons. The average Bonchev–Trinajstić information content (AvgIpc) is 2.90. The van der Waals surface area contributed by atoms with Crippen molar-refractivity contribution in [2.75, 3.05) is 13.6 Å². The number of carbonyl (C=O) groups is 1. The summed E-state index contributed by atoms with van der Waals surface area (Å²) in [5.41, 5.74) is 1.13. The number of pyridine rings is 1. The molecule has 4 nitrogen and oxygen atoms in total. The highest BCUT2D eigenvalue weighted by molar-refractivity contribution is 7.11. The number of amides is 1. The first-order chi connectivity index (χ1) is 12.1. The molecule has 5 heteroatoms. The van der Waals surface area contributed by atoms with Gasteiger partial charge in [-0.25, -0.2) is 0 Å². The lowest BCUT2D eigenvalue weighted by Crippen LogP contribution is -2.46. The van der Waals surface area contributed by atoms with Gasteiger partial charge in [0.15, 0.2) is 0 Å². The second-order valence-electron chi connectivity index (χ2n) is 6.91. The van der Waals surface area contributed by atoms with Crippen LogP contribution in [0.15, 0.2) is 36.7 Å². The van der Waals surface area contributed by atoms with Crippen LogP contribution in [-0.2, 0) is 17.9 Å². The molecule has 1 saturated heterocycles. The predicted molar refractivity (Wildman–Crippen MR) is 102 cm³/mol. The Kier molecular flexibility index (Phi) is 6.21. The Morgan fingerprint density at radius 2 is 2.00 bits per heavy atom. The number of rotatable bonds is 5. The number of thiophene rings is 1. The van der Waals surface area contributed by atoms with Crippen LogP contribution in [0.1, 0.15) is 41.0 Å². The third kappa shape index (κ3) is 4.89. The summed E-state index contributed by atoms with van der Waals surface area (Å²) in [6, 6.07) is 8.27. The number of nitrogens with zero attached hydrogens (tertiary/aromatic N) is 3. The van der Waals surface area contributed by atoms with E-state index in [1.54, 1.807) is 23.7 Å². The van der Waals surface area contributed by atoms with Gasteiger partial charge in [0.05, 0.1) is 12.6 Å². The molecule has 25 heavy (non-hydrogen) atoms.